The van der Waals surface area contributed by atoms with Gasteiger partial charge >= 0.3 is 0 Å². The lowest BCUT2D eigenvalue weighted by molar-refractivity contribution is 0.384. The standard InChI is InChI=1S/C21H19ClN4O2S/c22-16-6-1-4-10-20(16)29(27,28)25-14-12-24(13-15-25)21-19-9-5-11-26(19)18-8-3-2-7-17(18)23-21/h1-11H,12-15H2. The highest BCUT2D eigenvalue weighted by Crippen LogP contribution is 2.28. The van der Waals surface area contributed by atoms with Crippen molar-refractivity contribution in [3.05, 3.63) is 71.9 Å². The Bertz CT molecular complexity index is 1310. The molecule has 0 saturated carbocycles. The Labute approximate surface area is 174 Å². The average Bonchev–Trinajstić information content (AvgIpc) is 3.24. The number of para-hydroxylation sites is 2. The molecule has 1 saturated heterocycles. The molecule has 6 nitrogen and oxygen atoms in total. The zero-order valence-electron chi connectivity index (χ0n) is 15.6. The zero-order valence-corrected chi connectivity index (χ0v) is 17.1. The first kappa shape index (κ1) is 18.4. The lowest BCUT2D eigenvalue weighted by Crippen LogP contribution is -2.49. The molecule has 8 heteroatoms. The Kier molecular flexibility index (Phi) is 4.46. The van der Waals surface area contributed by atoms with Gasteiger partial charge < -0.3 is 9.30 Å². The van der Waals surface area contributed by atoms with Gasteiger partial charge in [-0.3, -0.25) is 0 Å². The van der Waals surface area contributed by atoms with Crippen molar-refractivity contribution < 1.29 is 8.42 Å². The van der Waals surface area contributed by atoms with E-state index >= 15 is 0 Å². The maximum Gasteiger partial charge on any atom is 0.244 e. The lowest BCUT2D eigenvalue weighted by Gasteiger charge is -2.35. The molecule has 0 amide bonds. The number of halogens is 1. The molecule has 0 bridgehead atoms. The number of nitrogens with zero attached hydrogens (tertiary/aromatic N) is 4. The van der Waals surface area contributed by atoms with E-state index in [2.05, 4.69) is 9.30 Å². The second kappa shape index (κ2) is 7.02. The number of piperazine rings is 1. The van der Waals surface area contributed by atoms with Crippen LogP contribution in [-0.4, -0.2) is 48.3 Å². The molecule has 29 heavy (non-hydrogen) atoms. The van der Waals surface area contributed by atoms with E-state index < -0.39 is 10.0 Å². The molecule has 0 radical (unpaired) electrons. The molecule has 3 heterocycles. The number of hydrogen-bond donors (Lipinski definition) is 0. The highest BCUT2D eigenvalue weighted by Gasteiger charge is 2.31. The molecule has 4 aromatic rings. The molecule has 0 aliphatic carbocycles. The summed E-state index contributed by atoms with van der Waals surface area (Å²) < 4.78 is 29.6. The number of fused-ring (bicyclic) bond motifs is 3. The summed E-state index contributed by atoms with van der Waals surface area (Å²) in [7, 11) is -3.62. The summed E-state index contributed by atoms with van der Waals surface area (Å²) in [5, 5.41) is 0.251. The van der Waals surface area contributed by atoms with Crippen molar-refractivity contribution >= 4 is 44.0 Å². The largest absolute Gasteiger partial charge is 0.352 e. The molecule has 0 N–H and O–H groups in total. The van der Waals surface area contributed by atoms with Crippen LogP contribution in [0.25, 0.3) is 16.6 Å². The van der Waals surface area contributed by atoms with Crippen LogP contribution in [0.2, 0.25) is 5.02 Å². The predicted molar refractivity (Wildman–Crippen MR) is 115 cm³/mol. The first-order chi connectivity index (χ1) is 14.1. The number of hydrogen-bond acceptors (Lipinski definition) is 4. The smallest absolute Gasteiger partial charge is 0.244 e. The molecule has 5 rings (SSSR count). The van der Waals surface area contributed by atoms with E-state index in [1.54, 1.807) is 24.3 Å². The molecule has 1 fully saturated rings. The number of rotatable bonds is 3. The molecule has 1 aliphatic rings. The van der Waals surface area contributed by atoms with Crippen molar-refractivity contribution in [1.82, 2.24) is 13.7 Å². The fourth-order valence-corrected chi connectivity index (χ4v) is 5.79. The van der Waals surface area contributed by atoms with E-state index in [0.717, 1.165) is 22.4 Å². The summed E-state index contributed by atoms with van der Waals surface area (Å²) in [4.78, 5) is 7.19. The van der Waals surface area contributed by atoms with Gasteiger partial charge in [0, 0.05) is 32.4 Å². The zero-order chi connectivity index (χ0) is 20.0. The minimum Gasteiger partial charge on any atom is -0.352 e. The van der Waals surface area contributed by atoms with Crippen molar-refractivity contribution in [3.8, 4) is 0 Å². The fourth-order valence-electron chi connectivity index (χ4n) is 3.87. The van der Waals surface area contributed by atoms with Crippen LogP contribution in [0, 0.1) is 0 Å². The summed E-state index contributed by atoms with van der Waals surface area (Å²) in [6.07, 6.45) is 2.03. The van der Waals surface area contributed by atoms with Gasteiger partial charge in [0.05, 0.1) is 21.6 Å². The topological polar surface area (TPSA) is 57.9 Å². The van der Waals surface area contributed by atoms with Crippen LogP contribution in [0.3, 0.4) is 0 Å². The van der Waals surface area contributed by atoms with Crippen LogP contribution >= 0.6 is 11.6 Å². The maximum absolute atomic E-state index is 13.0. The van der Waals surface area contributed by atoms with Gasteiger partial charge in [-0.1, -0.05) is 35.9 Å². The van der Waals surface area contributed by atoms with Crippen molar-refractivity contribution in [3.63, 3.8) is 0 Å². The van der Waals surface area contributed by atoms with Crippen molar-refractivity contribution in [2.24, 2.45) is 0 Å². The van der Waals surface area contributed by atoms with Crippen molar-refractivity contribution in [1.29, 1.82) is 0 Å². The number of anilines is 1. The van der Waals surface area contributed by atoms with Gasteiger partial charge in [-0.05, 0) is 36.4 Å². The van der Waals surface area contributed by atoms with Crippen molar-refractivity contribution in [2.75, 3.05) is 31.1 Å². The van der Waals surface area contributed by atoms with Crippen LogP contribution in [0.15, 0.2) is 71.8 Å². The Morgan fingerprint density at radius 2 is 1.52 bits per heavy atom. The van der Waals surface area contributed by atoms with Gasteiger partial charge in [0.25, 0.3) is 0 Å². The molecular weight excluding hydrogens is 408 g/mol. The minimum absolute atomic E-state index is 0.160. The van der Waals surface area contributed by atoms with E-state index in [1.165, 1.54) is 4.31 Å². The third-order valence-corrected chi connectivity index (χ3v) is 7.74. The number of benzene rings is 2. The Hall–Kier alpha value is -2.61. The maximum atomic E-state index is 13.0. The number of aromatic nitrogens is 2. The van der Waals surface area contributed by atoms with E-state index in [9.17, 15) is 8.42 Å². The second-order valence-electron chi connectivity index (χ2n) is 7.01. The molecular formula is C21H19ClN4O2S. The van der Waals surface area contributed by atoms with E-state index in [4.69, 9.17) is 16.6 Å². The lowest BCUT2D eigenvalue weighted by atomic mass is 10.2. The molecule has 0 atom stereocenters. The third-order valence-electron chi connectivity index (χ3n) is 5.34. The van der Waals surface area contributed by atoms with Crippen LogP contribution in [0.1, 0.15) is 0 Å². The van der Waals surface area contributed by atoms with Crippen LogP contribution in [0.5, 0.6) is 0 Å². The monoisotopic (exact) mass is 426 g/mol. The third kappa shape index (κ3) is 3.06. The molecule has 1 aliphatic heterocycles. The van der Waals surface area contributed by atoms with Gasteiger partial charge in [0.1, 0.15) is 4.90 Å². The number of sulfonamides is 1. The quantitative estimate of drug-likeness (QED) is 0.501. The normalized spacial score (nSPS) is 16.0. The van der Waals surface area contributed by atoms with Gasteiger partial charge in [-0.15, -0.1) is 0 Å². The Morgan fingerprint density at radius 3 is 2.31 bits per heavy atom. The first-order valence-corrected chi connectivity index (χ1v) is 11.2. The highest BCUT2D eigenvalue weighted by molar-refractivity contribution is 7.89. The minimum atomic E-state index is -3.62. The predicted octanol–water partition coefficient (Wildman–Crippen LogP) is 3.65. The molecule has 2 aromatic heterocycles. The van der Waals surface area contributed by atoms with Gasteiger partial charge in [-0.2, -0.15) is 4.31 Å². The molecule has 0 spiro atoms. The van der Waals surface area contributed by atoms with Crippen LogP contribution < -0.4 is 4.90 Å². The summed E-state index contributed by atoms with van der Waals surface area (Å²) in [6.45, 7) is 1.90. The summed E-state index contributed by atoms with van der Waals surface area (Å²) >= 11 is 6.13. The van der Waals surface area contributed by atoms with Crippen LogP contribution in [0.4, 0.5) is 5.82 Å². The van der Waals surface area contributed by atoms with E-state index in [-0.39, 0.29) is 9.92 Å². The Morgan fingerprint density at radius 1 is 0.828 bits per heavy atom. The van der Waals surface area contributed by atoms with Gasteiger partial charge in [-0.25, -0.2) is 13.4 Å². The molecule has 148 valence electrons. The Balaban J connectivity index is 1.45. The first-order valence-electron chi connectivity index (χ1n) is 9.41. The van der Waals surface area contributed by atoms with Crippen LogP contribution in [-0.2, 0) is 10.0 Å². The van der Waals surface area contributed by atoms with E-state index in [0.29, 0.717) is 26.2 Å². The summed E-state index contributed by atoms with van der Waals surface area (Å²) in [5.74, 6) is 0.878. The molecule has 2 aromatic carbocycles. The van der Waals surface area contributed by atoms with Crippen molar-refractivity contribution in [2.45, 2.75) is 4.90 Å². The van der Waals surface area contributed by atoms with E-state index in [1.807, 2.05) is 42.6 Å². The summed E-state index contributed by atoms with van der Waals surface area (Å²) in [6, 6.07) is 18.7. The summed E-state index contributed by atoms with van der Waals surface area (Å²) in [5.41, 5.74) is 2.99. The fraction of sp³-hybridized carbons (Fsp3) is 0.190. The SMILES string of the molecule is O=S(=O)(c1ccccc1Cl)N1CCN(c2nc3ccccc3n3cccc23)CC1. The molecule has 0 unspecified atom stereocenters. The second-order valence-corrected chi connectivity index (χ2v) is 9.32. The van der Waals surface area contributed by atoms with Gasteiger partial charge in [0.2, 0.25) is 10.0 Å². The highest BCUT2D eigenvalue weighted by atomic mass is 35.5. The average molecular weight is 427 g/mol. The van der Waals surface area contributed by atoms with Gasteiger partial charge in [0.15, 0.2) is 5.82 Å².